The smallest absolute Gasteiger partial charge is 0.238 e. The van der Waals surface area contributed by atoms with E-state index in [1.807, 2.05) is 0 Å². The van der Waals surface area contributed by atoms with Crippen molar-refractivity contribution in [3.63, 3.8) is 0 Å². The molecule has 0 atom stereocenters. The van der Waals surface area contributed by atoms with Crippen molar-refractivity contribution in [2.75, 3.05) is 24.7 Å². The fourth-order valence-electron chi connectivity index (χ4n) is 1.75. The number of sulfonamides is 1. The van der Waals surface area contributed by atoms with Gasteiger partial charge in [-0.2, -0.15) is 4.98 Å². The van der Waals surface area contributed by atoms with Gasteiger partial charge in [0.2, 0.25) is 16.0 Å². The van der Waals surface area contributed by atoms with E-state index in [-0.39, 0.29) is 4.90 Å². The molecular formula is C12H15N5O2S. The first-order valence-corrected chi connectivity index (χ1v) is 7.37. The van der Waals surface area contributed by atoms with Crippen molar-refractivity contribution in [1.82, 2.24) is 9.97 Å². The van der Waals surface area contributed by atoms with Crippen LogP contribution in [0, 0.1) is 0 Å². The van der Waals surface area contributed by atoms with Crippen LogP contribution in [0.2, 0.25) is 0 Å². The van der Waals surface area contributed by atoms with E-state index in [4.69, 9.17) is 5.14 Å². The number of rotatable bonds is 4. The lowest BCUT2D eigenvalue weighted by Crippen LogP contribution is -2.13. The molecule has 4 N–H and O–H groups in total. The maximum absolute atomic E-state index is 11.6. The van der Waals surface area contributed by atoms with Gasteiger partial charge in [-0.3, -0.25) is 0 Å². The highest BCUT2D eigenvalue weighted by Gasteiger charge is 2.16. The van der Waals surface area contributed by atoms with Gasteiger partial charge in [0.05, 0.1) is 10.6 Å². The minimum absolute atomic E-state index is 0.0304. The number of hydrogen-bond acceptors (Lipinski definition) is 6. The van der Waals surface area contributed by atoms with E-state index in [9.17, 15) is 8.42 Å². The zero-order valence-electron chi connectivity index (χ0n) is 11.1. The normalized spacial score (nSPS) is 11.2. The highest BCUT2D eigenvalue weighted by molar-refractivity contribution is 7.89. The summed E-state index contributed by atoms with van der Waals surface area (Å²) in [5, 5.41) is 11.0. The van der Waals surface area contributed by atoms with Crippen molar-refractivity contribution in [2.45, 2.75) is 4.90 Å². The Morgan fingerprint density at radius 2 is 1.80 bits per heavy atom. The maximum atomic E-state index is 11.6. The molecule has 0 fully saturated rings. The summed E-state index contributed by atoms with van der Waals surface area (Å²) < 4.78 is 23.3. The van der Waals surface area contributed by atoms with Crippen LogP contribution < -0.4 is 15.8 Å². The van der Waals surface area contributed by atoms with Crippen LogP contribution in [0.1, 0.15) is 0 Å². The molecule has 0 unspecified atom stereocenters. The molecule has 0 spiro atoms. The van der Waals surface area contributed by atoms with E-state index in [0.29, 0.717) is 23.0 Å². The molecule has 8 heteroatoms. The second-order valence-electron chi connectivity index (χ2n) is 4.00. The topological polar surface area (TPSA) is 110 Å². The number of anilines is 2. The van der Waals surface area contributed by atoms with Crippen molar-refractivity contribution in [1.29, 1.82) is 0 Å². The highest BCUT2D eigenvalue weighted by atomic mass is 32.2. The second-order valence-corrected chi connectivity index (χ2v) is 5.53. The van der Waals surface area contributed by atoms with Crippen molar-refractivity contribution in [2.24, 2.45) is 5.14 Å². The Kier molecular flexibility index (Phi) is 3.86. The zero-order chi connectivity index (χ0) is 14.8. The zero-order valence-corrected chi connectivity index (χ0v) is 11.9. The molecule has 0 bridgehead atoms. The summed E-state index contributed by atoms with van der Waals surface area (Å²) >= 11 is 0. The van der Waals surface area contributed by atoms with Crippen LogP contribution in [0.15, 0.2) is 35.2 Å². The standard InChI is InChI=1S/C12H15N5O2S/c1-14-11-7-9(16-12(15-2)17-11)8-5-3-4-6-10(8)20(13,18)19/h3-7H,1-2H3,(H2,13,18,19)(H2,14,15,16,17). The number of nitrogens with two attached hydrogens (primary N) is 1. The molecule has 0 aliphatic carbocycles. The third kappa shape index (κ3) is 2.86. The SMILES string of the molecule is CNc1cc(-c2ccccc2S(N)(=O)=O)nc(NC)n1. The predicted molar refractivity (Wildman–Crippen MR) is 77.9 cm³/mol. The molecule has 0 saturated carbocycles. The second kappa shape index (κ2) is 5.43. The van der Waals surface area contributed by atoms with Gasteiger partial charge < -0.3 is 10.6 Å². The number of nitrogens with zero attached hydrogens (tertiary/aromatic N) is 2. The first-order chi connectivity index (χ1) is 9.45. The lowest BCUT2D eigenvalue weighted by atomic mass is 10.1. The van der Waals surface area contributed by atoms with Gasteiger partial charge >= 0.3 is 0 Å². The Morgan fingerprint density at radius 1 is 1.10 bits per heavy atom. The van der Waals surface area contributed by atoms with Gasteiger partial charge in [0.15, 0.2) is 0 Å². The van der Waals surface area contributed by atoms with Crippen LogP contribution in [-0.4, -0.2) is 32.5 Å². The molecule has 0 amide bonds. The van der Waals surface area contributed by atoms with E-state index >= 15 is 0 Å². The average molecular weight is 293 g/mol. The summed E-state index contributed by atoms with van der Waals surface area (Å²) in [6, 6.07) is 8.10. The largest absolute Gasteiger partial charge is 0.373 e. The van der Waals surface area contributed by atoms with Crippen molar-refractivity contribution >= 4 is 21.8 Å². The Labute approximate surface area is 117 Å². The first kappa shape index (κ1) is 14.2. The number of primary sulfonamides is 1. The Balaban J connectivity index is 2.69. The first-order valence-electron chi connectivity index (χ1n) is 5.82. The van der Waals surface area contributed by atoms with E-state index in [1.54, 1.807) is 38.4 Å². The molecule has 1 heterocycles. The van der Waals surface area contributed by atoms with E-state index in [1.165, 1.54) is 6.07 Å². The van der Waals surface area contributed by atoms with Crippen LogP contribution in [0.5, 0.6) is 0 Å². The van der Waals surface area contributed by atoms with Gasteiger partial charge in [-0.05, 0) is 6.07 Å². The molecular weight excluding hydrogens is 278 g/mol. The minimum Gasteiger partial charge on any atom is -0.373 e. The molecule has 0 aliphatic heterocycles. The molecule has 0 saturated heterocycles. The molecule has 2 rings (SSSR count). The highest BCUT2D eigenvalue weighted by Crippen LogP contribution is 2.27. The van der Waals surface area contributed by atoms with Gasteiger partial charge in [0.25, 0.3) is 0 Å². The van der Waals surface area contributed by atoms with Crippen molar-refractivity contribution < 1.29 is 8.42 Å². The molecule has 1 aromatic heterocycles. The Bertz CT molecular complexity index is 708. The Hall–Kier alpha value is -2.19. The van der Waals surface area contributed by atoms with Gasteiger partial charge in [-0.15, -0.1) is 0 Å². The monoisotopic (exact) mass is 293 g/mol. The van der Waals surface area contributed by atoms with Crippen LogP contribution in [0.4, 0.5) is 11.8 Å². The van der Waals surface area contributed by atoms with Crippen LogP contribution in [-0.2, 0) is 10.0 Å². The quantitative estimate of drug-likeness (QED) is 0.771. The van der Waals surface area contributed by atoms with E-state index in [0.717, 1.165) is 0 Å². The molecule has 0 aliphatic rings. The van der Waals surface area contributed by atoms with Crippen LogP contribution in [0.25, 0.3) is 11.3 Å². The average Bonchev–Trinajstić information content (AvgIpc) is 2.45. The number of nitrogens with one attached hydrogen (secondary N) is 2. The molecule has 106 valence electrons. The Morgan fingerprint density at radius 3 is 2.40 bits per heavy atom. The molecule has 0 radical (unpaired) electrons. The van der Waals surface area contributed by atoms with Gasteiger partial charge in [-0.25, -0.2) is 18.5 Å². The number of aromatic nitrogens is 2. The minimum atomic E-state index is -3.82. The summed E-state index contributed by atoms with van der Waals surface area (Å²) in [6.07, 6.45) is 0. The van der Waals surface area contributed by atoms with E-state index in [2.05, 4.69) is 20.6 Å². The van der Waals surface area contributed by atoms with E-state index < -0.39 is 10.0 Å². The van der Waals surface area contributed by atoms with Crippen molar-refractivity contribution in [3.8, 4) is 11.3 Å². The maximum Gasteiger partial charge on any atom is 0.238 e. The molecule has 20 heavy (non-hydrogen) atoms. The third-order valence-corrected chi connectivity index (χ3v) is 3.64. The summed E-state index contributed by atoms with van der Waals surface area (Å²) in [4.78, 5) is 8.47. The third-order valence-electron chi connectivity index (χ3n) is 2.68. The lowest BCUT2D eigenvalue weighted by Gasteiger charge is -2.10. The summed E-state index contributed by atoms with van der Waals surface area (Å²) in [7, 11) is -0.418. The van der Waals surface area contributed by atoms with Gasteiger partial charge in [0.1, 0.15) is 5.82 Å². The van der Waals surface area contributed by atoms with Gasteiger partial charge in [0, 0.05) is 25.7 Å². The molecule has 1 aromatic carbocycles. The van der Waals surface area contributed by atoms with Gasteiger partial charge in [-0.1, -0.05) is 18.2 Å². The summed E-state index contributed by atoms with van der Waals surface area (Å²) in [5.41, 5.74) is 0.906. The van der Waals surface area contributed by atoms with Crippen molar-refractivity contribution in [3.05, 3.63) is 30.3 Å². The summed E-state index contributed by atoms with van der Waals surface area (Å²) in [5.74, 6) is 0.958. The molecule has 7 nitrogen and oxygen atoms in total. The predicted octanol–water partition coefficient (Wildman–Crippen LogP) is 0.874. The van der Waals surface area contributed by atoms with Crippen LogP contribution in [0.3, 0.4) is 0 Å². The summed E-state index contributed by atoms with van der Waals surface area (Å²) in [6.45, 7) is 0. The number of benzene rings is 1. The lowest BCUT2D eigenvalue weighted by molar-refractivity contribution is 0.598. The molecule has 2 aromatic rings. The fourth-order valence-corrected chi connectivity index (χ4v) is 2.50. The van der Waals surface area contributed by atoms with Crippen LogP contribution >= 0.6 is 0 Å². The number of hydrogen-bond donors (Lipinski definition) is 3. The fraction of sp³-hybridized carbons (Fsp3) is 0.167.